The van der Waals surface area contributed by atoms with Crippen molar-refractivity contribution in [3.63, 3.8) is 0 Å². The first-order valence-corrected chi connectivity index (χ1v) is 14.3. The molecular formula is C25H35F3N2O8S. The van der Waals surface area contributed by atoms with Crippen molar-refractivity contribution in [2.24, 2.45) is 0 Å². The van der Waals surface area contributed by atoms with Gasteiger partial charge in [0.15, 0.2) is 6.10 Å². The normalized spacial score (nSPS) is 25.0. The van der Waals surface area contributed by atoms with Crippen LogP contribution in [0.1, 0.15) is 51.3 Å². The highest BCUT2D eigenvalue weighted by molar-refractivity contribution is 7.85. The van der Waals surface area contributed by atoms with Crippen molar-refractivity contribution < 1.29 is 49.6 Å². The summed E-state index contributed by atoms with van der Waals surface area (Å²) in [6.45, 7) is 5.39. The van der Waals surface area contributed by atoms with Crippen LogP contribution in [0, 0.1) is 0 Å². The predicted octanol–water partition coefficient (Wildman–Crippen LogP) is 3.11. The molecule has 1 saturated heterocycles. The highest BCUT2D eigenvalue weighted by Gasteiger charge is 2.47. The van der Waals surface area contributed by atoms with Crippen LogP contribution in [0.5, 0.6) is 0 Å². The van der Waals surface area contributed by atoms with E-state index in [0.717, 1.165) is 11.1 Å². The second-order valence-electron chi connectivity index (χ2n) is 10.7. The minimum atomic E-state index is -4.98. The van der Waals surface area contributed by atoms with Crippen LogP contribution < -0.4 is 5.32 Å². The molecule has 3 rings (SSSR count). The number of halogens is 3. The van der Waals surface area contributed by atoms with Crippen molar-refractivity contribution in [1.82, 2.24) is 10.2 Å². The molecule has 0 saturated carbocycles. The fraction of sp³-hybridized carbons (Fsp3) is 0.680. The molecule has 0 aliphatic carbocycles. The molecular weight excluding hydrogens is 545 g/mol. The fourth-order valence-electron chi connectivity index (χ4n) is 4.56. The topological polar surface area (TPSA) is 120 Å². The smallest absolute Gasteiger partial charge is 0.416 e. The van der Waals surface area contributed by atoms with Gasteiger partial charge in [-0.3, -0.25) is 8.98 Å². The molecule has 2 aliphatic heterocycles. The van der Waals surface area contributed by atoms with Crippen molar-refractivity contribution in [3.05, 3.63) is 35.4 Å². The largest absolute Gasteiger partial charge is 0.444 e. The summed E-state index contributed by atoms with van der Waals surface area (Å²) in [4.78, 5) is 27.7. The summed E-state index contributed by atoms with van der Waals surface area (Å²) in [7, 11) is -4.18. The maximum atomic E-state index is 13.7. The van der Waals surface area contributed by atoms with E-state index in [2.05, 4.69) is 9.50 Å². The van der Waals surface area contributed by atoms with Gasteiger partial charge in [0.1, 0.15) is 24.4 Å². The van der Waals surface area contributed by atoms with Gasteiger partial charge in [-0.15, -0.1) is 0 Å². The van der Waals surface area contributed by atoms with Gasteiger partial charge in [0, 0.05) is 13.0 Å². The number of rotatable bonds is 7. The van der Waals surface area contributed by atoms with E-state index in [1.165, 1.54) is 0 Å². The number of nitrogens with zero attached hydrogens (tertiary/aromatic N) is 1. The monoisotopic (exact) mass is 580 g/mol. The maximum Gasteiger partial charge on any atom is 0.416 e. The highest BCUT2D eigenvalue weighted by atomic mass is 32.2. The van der Waals surface area contributed by atoms with E-state index >= 15 is 0 Å². The summed E-state index contributed by atoms with van der Waals surface area (Å²) in [5.41, 5.74) is 1.23. The summed E-state index contributed by atoms with van der Waals surface area (Å²) < 4.78 is 84.0. The third-order valence-electron chi connectivity index (χ3n) is 6.37. The Hall–Kier alpha value is -2.42. The molecule has 0 unspecified atom stereocenters. The number of benzene rings is 1. The second kappa shape index (κ2) is 12.0. The number of amides is 2. The van der Waals surface area contributed by atoms with Crippen LogP contribution in [-0.2, 0) is 39.7 Å². The zero-order chi connectivity index (χ0) is 29.2. The van der Waals surface area contributed by atoms with Gasteiger partial charge in [-0.2, -0.15) is 21.6 Å². The molecule has 0 radical (unpaired) electrons. The molecule has 1 aromatic rings. The average molecular weight is 581 g/mol. The van der Waals surface area contributed by atoms with Gasteiger partial charge < -0.3 is 24.4 Å². The number of carbonyl (C=O) groups is 2. The number of alkyl carbamates (subject to hydrolysis) is 1. The van der Waals surface area contributed by atoms with Gasteiger partial charge in [-0.1, -0.05) is 24.3 Å². The van der Waals surface area contributed by atoms with Crippen LogP contribution in [0.2, 0.25) is 0 Å². The summed E-state index contributed by atoms with van der Waals surface area (Å²) in [6.07, 6.45) is -9.90. The molecule has 2 aliphatic rings. The lowest BCUT2D eigenvalue weighted by atomic mass is 9.92. The zero-order valence-electron chi connectivity index (χ0n) is 22.5. The van der Waals surface area contributed by atoms with Gasteiger partial charge in [0.25, 0.3) is 16.0 Å². The van der Waals surface area contributed by atoms with Gasteiger partial charge in [0.2, 0.25) is 0 Å². The lowest BCUT2D eigenvalue weighted by Crippen LogP contribution is -2.58. The Kier molecular flexibility index (Phi) is 9.56. The molecule has 0 bridgehead atoms. The van der Waals surface area contributed by atoms with Crippen LogP contribution in [0.3, 0.4) is 0 Å². The van der Waals surface area contributed by atoms with E-state index in [0.29, 0.717) is 19.2 Å². The number of hydrogen-bond donors (Lipinski definition) is 1. The molecule has 1 aromatic carbocycles. The van der Waals surface area contributed by atoms with Gasteiger partial charge >= 0.3 is 12.3 Å². The van der Waals surface area contributed by atoms with E-state index < -0.39 is 65.6 Å². The lowest BCUT2D eigenvalue weighted by Gasteiger charge is -2.41. The Labute approximate surface area is 226 Å². The van der Waals surface area contributed by atoms with E-state index in [1.54, 1.807) is 25.7 Å². The molecule has 10 nitrogen and oxygen atoms in total. The molecule has 14 heteroatoms. The van der Waals surface area contributed by atoms with Crippen molar-refractivity contribution in [2.75, 3.05) is 26.0 Å². The Morgan fingerprint density at radius 3 is 2.49 bits per heavy atom. The van der Waals surface area contributed by atoms with Gasteiger partial charge in [-0.25, -0.2) is 4.79 Å². The molecule has 2 heterocycles. The summed E-state index contributed by atoms with van der Waals surface area (Å²) >= 11 is 0. The minimum Gasteiger partial charge on any atom is -0.444 e. The standard InChI is InChI=1S/C25H35F3N2O8S/c1-15-17-9-7-6-8-16(17)10-11-30(15)22(31)19-12-18(29-23(32)38-24(2,3)4)20(13-35-19)37-21(25(26,27)28)14-36-39(5,33)34/h6-9,15,18-21H,10-14H2,1-5H3,(H,29,32)/t15-,18-,19+,20-,21-/m0/s1. The summed E-state index contributed by atoms with van der Waals surface area (Å²) in [6, 6.07) is 6.38. The number of ether oxygens (including phenoxy) is 3. The fourth-order valence-corrected chi connectivity index (χ4v) is 4.93. The highest BCUT2D eigenvalue weighted by Crippen LogP contribution is 2.32. The maximum absolute atomic E-state index is 13.7. The molecule has 2 amide bonds. The molecule has 0 aromatic heterocycles. The molecule has 5 atom stereocenters. The van der Waals surface area contributed by atoms with E-state index in [-0.39, 0.29) is 18.4 Å². The SMILES string of the molecule is C[C@H]1c2ccccc2CCN1C(=O)[C@H]1C[C@H](NC(=O)OC(C)(C)C)[C@@H](O[C@@H](COS(C)(=O)=O)C(F)(F)F)CO1. The van der Waals surface area contributed by atoms with Crippen LogP contribution in [-0.4, -0.2) is 87.5 Å². The second-order valence-corrected chi connectivity index (χ2v) is 12.3. The molecule has 1 N–H and O–H groups in total. The van der Waals surface area contributed by atoms with Crippen molar-refractivity contribution >= 4 is 22.1 Å². The first kappa shape index (κ1) is 31.1. The van der Waals surface area contributed by atoms with Crippen molar-refractivity contribution in [1.29, 1.82) is 0 Å². The third-order valence-corrected chi connectivity index (χ3v) is 6.94. The molecule has 1 fully saturated rings. The zero-order valence-corrected chi connectivity index (χ0v) is 23.3. The number of fused-ring (bicyclic) bond motifs is 1. The van der Waals surface area contributed by atoms with E-state index in [9.17, 15) is 31.2 Å². The van der Waals surface area contributed by atoms with E-state index in [4.69, 9.17) is 14.2 Å². The first-order valence-electron chi connectivity index (χ1n) is 12.5. The Bertz CT molecular complexity index is 1140. The molecule has 220 valence electrons. The van der Waals surface area contributed by atoms with Crippen LogP contribution in [0.15, 0.2) is 24.3 Å². The van der Waals surface area contributed by atoms with Crippen molar-refractivity contribution in [3.8, 4) is 0 Å². The van der Waals surface area contributed by atoms with Crippen molar-refractivity contribution in [2.45, 2.75) is 82.7 Å². The third kappa shape index (κ3) is 8.78. The van der Waals surface area contributed by atoms with Gasteiger partial charge in [0.05, 0.1) is 24.9 Å². The number of nitrogens with one attached hydrogen (secondary N) is 1. The number of carbonyl (C=O) groups excluding carboxylic acids is 2. The average Bonchev–Trinajstić information content (AvgIpc) is 2.80. The minimum absolute atomic E-state index is 0.189. The van der Waals surface area contributed by atoms with Crippen LogP contribution >= 0.6 is 0 Å². The Balaban J connectivity index is 1.78. The van der Waals surface area contributed by atoms with Gasteiger partial charge in [-0.05, 0) is 45.2 Å². The lowest BCUT2D eigenvalue weighted by molar-refractivity contribution is -0.253. The first-order chi connectivity index (χ1) is 17.9. The number of hydrogen-bond acceptors (Lipinski definition) is 8. The predicted molar refractivity (Wildman–Crippen MR) is 133 cm³/mol. The van der Waals surface area contributed by atoms with E-state index in [1.807, 2.05) is 31.2 Å². The number of alkyl halides is 3. The van der Waals surface area contributed by atoms with Crippen LogP contribution in [0.4, 0.5) is 18.0 Å². The molecule has 0 spiro atoms. The summed E-state index contributed by atoms with van der Waals surface area (Å²) in [5, 5.41) is 2.51. The summed E-state index contributed by atoms with van der Waals surface area (Å²) in [5.74, 6) is -0.362. The molecule has 39 heavy (non-hydrogen) atoms. The Morgan fingerprint density at radius 2 is 1.87 bits per heavy atom. The Morgan fingerprint density at radius 1 is 1.21 bits per heavy atom. The quantitative estimate of drug-likeness (QED) is 0.489. The van der Waals surface area contributed by atoms with Crippen LogP contribution in [0.25, 0.3) is 0 Å².